The summed E-state index contributed by atoms with van der Waals surface area (Å²) in [6.07, 6.45) is 4.92. The highest BCUT2D eigenvalue weighted by atomic mass is 35.5. The molecule has 4 nitrogen and oxygen atoms in total. The van der Waals surface area contributed by atoms with Crippen molar-refractivity contribution in [2.24, 2.45) is 0 Å². The van der Waals surface area contributed by atoms with E-state index in [1.54, 1.807) is 6.20 Å². The second-order valence-corrected chi connectivity index (χ2v) is 3.86. The summed E-state index contributed by atoms with van der Waals surface area (Å²) in [5.41, 5.74) is -0.188. The third kappa shape index (κ3) is 3.79. The quantitative estimate of drug-likeness (QED) is 0.579. The molecule has 1 atom stereocenters. The van der Waals surface area contributed by atoms with Gasteiger partial charge in [0, 0.05) is 24.3 Å². The Morgan fingerprint density at radius 3 is 3.14 bits per heavy atom. The minimum atomic E-state index is -0.188. The van der Waals surface area contributed by atoms with Gasteiger partial charge in [0.1, 0.15) is 0 Å². The Kier molecular flexibility index (Phi) is 4.46. The number of hydrogen-bond acceptors (Lipinski definition) is 3. The Labute approximate surface area is 87.7 Å². The summed E-state index contributed by atoms with van der Waals surface area (Å²) in [5, 5.41) is 3.13. The van der Waals surface area contributed by atoms with Crippen LogP contribution in [-0.4, -0.2) is 21.9 Å². The van der Waals surface area contributed by atoms with E-state index in [1.807, 2.05) is 6.92 Å². The summed E-state index contributed by atoms with van der Waals surface area (Å²) in [7, 11) is 0. The van der Waals surface area contributed by atoms with Crippen LogP contribution in [0.25, 0.3) is 0 Å². The second kappa shape index (κ2) is 5.65. The summed E-state index contributed by atoms with van der Waals surface area (Å²) in [6, 6.07) is 0. The molecule has 1 heterocycles. The van der Waals surface area contributed by atoms with Crippen molar-refractivity contribution in [2.45, 2.75) is 25.1 Å². The van der Waals surface area contributed by atoms with E-state index in [0.717, 1.165) is 19.4 Å². The van der Waals surface area contributed by atoms with Gasteiger partial charge in [-0.2, -0.15) is 0 Å². The minimum Gasteiger partial charge on any atom is -0.365 e. The number of aromatic nitrogens is 2. The molecule has 1 unspecified atom stereocenters. The standard InChI is InChI=1S/C9H14ClN3O/c1-7(10)3-2-4-11-8-9(14)13-6-5-12-8/h5-7H,2-4H2,1H3,(H,11,12)(H,13,14). The first-order chi connectivity index (χ1) is 6.70. The van der Waals surface area contributed by atoms with Gasteiger partial charge in [0.2, 0.25) is 0 Å². The maximum absolute atomic E-state index is 11.1. The fourth-order valence-corrected chi connectivity index (χ4v) is 1.22. The molecule has 1 aromatic heterocycles. The van der Waals surface area contributed by atoms with E-state index >= 15 is 0 Å². The molecule has 14 heavy (non-hydrogen) atoms. The third-order valence-electron chi connectivity index (χ3n) is 1.78. The van der Waals surface area contributed by atoms with Gasteiger partial charge in [-0.25, -0.2) is 4.98 Å². The predicted octanol–water partition coefficient (Wildman–Crippen LogP) is 1.59. The fraction of sp³-hybridized carbons (Fsp3) is 0.556. The minimum absolute atomic E-state index is 0.179. The Morgan fingerprint density at radius 2 is 2.50 bits per heavy atom. The third-order valence-corrected chi connectivity index (χ3v) is 2.00. The van der Waals surface area contributed by atoms with Gasteiger partial charge >= 0.3 is 0 Å². The molecule has 0 radical (unpaired) electrons. The zero-order chi connectivity index (χ0) is 10.4. The number of anilines is 1. The second-order valence-electron chi connectivity index (χ2n) is 3.12. The summed E-state index contributed by atoms with van der Waals surface area (Å²) < 4.78 is 0. The maximum atomic E-state index is 11.1. The van der Waals surface area contributed by atoms with Gasteiger partial charge in [0.25, 0.3) is 5.56 Å². The summed E-state index contributed by atoms with van der Waals surface area (Å²) >= 11 is 5.78. The van der Waals surface area contributed by atoms with Crippen molar-refractivity contribution in [3.63, 3.8) is 0 Å². The van der Waals surface area contributed by atoms with Crippen LogP contribution in [0, 0.1) is 0 Å². The van der Waals surface area contributed by atoms with E-state index in [1.165, 1.54) is 6.20 Å². The van der Waals surface area contributed by atoms with Crippen LogP contribution in [0.4, 0.5) is 5.82 Å². The average molecular weight is 216 g/mol. The molecular formula is C9H14ClN3O. The van der Waals surface area contributed by atoms with Gasteiger partial charge in [-0.15, -0.1) is 11.6 Å². The van der Waals surface area contributed by atoms with Crippen molar-refractivity contribution < 1.29 is 0 Å². The summed E-state index contributed by atoms with van der Waals surface area (Å²) in [4.78, 5) is 17.6. The Bertz CT molecular complexity index is 324. The molecule has 0 spiro atoms. The molecule has 0 aliphatic rings. The zero-order valence-electron chi connectivity index (χ0n) is 8.09. The van der Waals surface area contributed by atoms with Crippen LogP contribution in [0.5, 0.6) is 0 Å². The molecule has 5 heteroatoms. The van der Waals surface area contributed by atoms with Gasteiger partial charge in [0.05, 0.1) is 0 Å². The van der Waals surface area contributed by atoms with Crippen LogP contribution in [0.3, 0.4) is 0 Å². The lowest BCUT2D eigenvalue weighted by atomic mass is 10.2. The molecular weight excluding hydrogens is 202 g/mol. The first-order valence-electron chi connectivity index (χ1n) is 4.62. The molecule has 0 aliphatic heterocycles. The van der Waals surface area contributed by atoms with Crippen LogP contribution in [0.1, 0.15) is 19.8 Å². The van der Waals surface area contributed by atoms with Gasteiger partial charge in [0.15, 0.2) is 5.82 Å². The van der Waals surface area contributed by atoms with E-state index in [4.69, 9.17) is 11.6 Å². The molecule has 78 valence electrons. The van der Waals surface area contributed by atoms with E-state index in [9.17, 15) is 4.79 Å². The molecule has 0 fully saturated rings. The normalized spacial score (nSPS) is 12.4. The lowest BCUT2D eigenvalue weighted by molar-refractivity contribution is 0.748. The summed E-state index contributed by atoms with van der Waals surface area (Å²) in [5.74, 6) is 0.370. The number of aromatic amines is 1. The van der Waals surface area contributed by atoms with Gasteiger partial charge < -0.3 is 10.3 Å². The molecule has 1 rings (SSSR count). The number of nitrogens with zero attached hydrogens (tertiary/aromatic N) is 1. The van der Waals surface area contributed by atoms with Crippen molar-refractivity contribution >= 4 is 17.4 Å². The first kappa shape index (κ1) is 11.0. The Hall–Kier alpha value is -1.03. The topological polar surface area (TPSA) is 57.8 Å². The first-order valence-corrected chi connectivity index (χ1v) is 5.05. The van der Waals surface area contributed by atoms with Crippen molar-refractivity contribution in [1.29, 1.82) is 0 Å². The number of nitrogens with one attached hydrogen (secondary N) is 2. The molecule has 0 saturated heterocycles. The SMILES string of the molecule is CC(Cl)CCCNc1ncc[nH]c1=O. The lowest BCUT2D eigenvalue weighted by Crippen LogP contribution is -2.16. The highest BCUT2D eigenvalue weighted by Crippen LogP contribution is 2.03. The number of alkyl halides is 1. The van der Waals surface area contributed by atoms with Crippen LogP contribution in [0.15, 0.2) is 17.2 Å². The average Bonchev–Trinajstić information content (AvgIpc) is 2.15. The van der Waals surface area contributed by atoms with E-state index < -0.39 is 0 Å². The summed E-state index contributed by atoms with van der Waals surface area (Å²) in [6.45, 7) is 2.67. The van der Waals surface area contributed by atoms with Crippen molar-refractivity contribution in [3.8, 4) is 0 Å². The number of rotatable bonds is 5. The smallest absolute Gasteiger partial charge is 0.290 e. The molecule has 0 bridgehead atoms. The Morgan fingerprint density at radius 1 is 1.71 bits per heavy atom. The molecule has 0 saturated carbocycles. The van der Waals surface area contributed by atoms with E-state index in [-0.39, 0.29) is 10.9 Å². The van der Waals surface area contributed by atoms with Crippen LogP contribution >= 0.6 is 11.6 Å². The highest BCUT2D eigenvalue weighted by Gasteiger charge is 1.99. The number of halogens is 1. The van der Waals surface area contributed by atoms with E-state index in [2.05, 4.69) is 15.3 Å². The van der Waals surface area contributed by atoms with Gasteiger partial charge in [-0.3, -0.25) is 4.79 Å². The van der Waals surface area contributed by atoms with Gasteiger partial charge in [-0.1, -0.05) is 0 Å². The molecule has 2 N–H and O–H groups in total. The monoisotopic (exact) mass is 215 g/mol. The predicted molar refractivity (Wildman–Crippen MR) is 57.9 cm³/mol. The lowest BCUT2D eigenvalue weighted by Gasteiger charge is -2.04. The van der Waals surface area contributed by atoms with E-state index in [0.29, 0.717) is 5.82 Å². The van der Waals surface area contributed by atoms with Crippen LogP contribution in [-0.2, 0) is 0 Å². The van der Waals surface area contributed by atoms with Crippen molar-refractivity contribution in [1.82, 2.24) is 9.97 Å². The van der Waals surface area contributed by atoms with Crippen molar-refractivity contribution in [3.05, 3.63) is 22.7 Å². The Balaban J connectivity index is 2.32. The van der Waals surface area contributed by atoms with Crippen LogP contribution in [0.2, 0.25) is 0 Å². The van der Waals surface area contributed by atoms with Gasteiger partial charge in [-0.05, 0) is 19.8 Å². The number of hydrogen-bond donors (Lipinski definition) is 2. The molecule has 0 amide bonds. The largest absolute Gasteiger partial charge is 0.365 e. The maximum Gasteiger partial charge on any atom is 0.290 e. The van der Waals surface area contributed by atoms with Crippen LogP contribution < -0.4 is 10.9 Å². The van der Waals surface area contributed by atoms with Crippen molar-refractivity contribution in [2.75, 3.05) is 11.9 Å². The zero-order valence-corrected chi connectivity index (χ0v) is 8.84. The highest BCUT2D eigenvalue weighted by molar-refractivity contribution is 6.20. The molecule has 1 aromatic rings. The number of H-pyrrole nitrogens is 1. The molecule has 0 aromatic carbocycles. The fourth-order valence-electron chi connectivity index (χ4n) is 1.07. The molecule has 0 aliphatic carbocycles.